The summed E-state index contributed by atoms with van der Waals surface area (Å²) in [4.78, 5) is 0. The van der Waals surface area contributed by atoms with Gasteiger partial charge < -0.3 is 4.74 Å². The predicted octanol–water partition coefficient (Wildman–Crippen LogP) is 3.76. The smallest absolute Gasteiger partial charge is 0.122 e. The van der Waals surface area contributed by atoms with E-state index in [4.69, 9.17) is 4.74 Å². The zero-order valence-electron chi connectivity index (χ0n) is 8.90. The topological polar surface area (TPSA) is 27.1 Å². The molecule has 1 heterocycles. The lowest BCUT2D eigenvalue weighted by atomic mass is 10.2. The average Bonchev–Trinajstić information content (AvgIpc) is 2.87. The van der Waals surface area contributed by atoms with Gasteiger partial charge in [0, 0.05) is 11.5 Å². The van der Waals surface area contributed by atoms with E-state index < -0.39 is 0 Å². The standard InChI is InChI=1S/C11H12IN2OP/c1-11(4-5-11)15-9-3-2-8-7-13-14(16-12)10(8)6-9/h2-3,6-7,16H,4-5H2,1H3. The number of halogens is 1. The minimum atomic E-state index is 0.0884. The van der Waals surface area contributed by atoms with Crippen LogP contribution in [0.1, 0.15) is 19.8 Å². The number of benzene rings is 1. The summed E-state index contributed by atoms with van der Waals surface area (Å²) in [5, 5.41) is 5.51. The quantitative estimate of drug-likeness (QED) is 0.625. The molecule has 1 atom stereocenters. The van der Waals surface area contributed by atoms with Crippen LogP contribution in [0.2, 0.25) is 0 Å². The molecule has 1 unspecified atom stereocenters. The summed E-state index contributed by atoms with van der Waals surface area (Å²) < 4.78 is 7.96. The molecule has 1 aromatic carbocycles. The molecule has 0 spiro atoms. The summed E-state index contributed by atoms with van der Waals surface area (Å²) >= 11 is 2.34. The highest BCUT2D eigenvalue weighted by atomic mass is 127. The molecule has 1 aliphatic rings. The average molecular weight is 346 g/mol. The minimum Gasteiger partial charge on any atom is -0.487 e. The molecule has 16 heavy (non-hydrogen) atoms. The fraction of sp³-hybridized carbons (Fsp3) is 0.364. The molecule has 0 aliphatic heterocycles. The van der Waals surface area contributed by atoms with Crippen LogP contribution in [0.25, 0.3) is 10.9 Å². The van der Waals surface area contributed by atoms with Gasteiger partial charge in [-0.3, -0.25) is 0 Å². The number of fused-ring (bicyclic) bond motifs is 1. The normalized spacial score (nSPS) is 18.4. The van der Waals surface area contributed by atoms with Crippen LogP contribution in [0.5, 0.6) is 5.75 Å². The van der Waals surface area contributed by atoms with Crippen molar-refractivity contribution in [1.29, 1.82) is 0 Å². The summed E-state index contributed by atoms with van der Waals surface area (Å²) in [5.74, 6) is 0.962. The first kappa shape index (κ1) is 10.8. The van der Waals surface area contributed by atoms with Crippen LogP contribution in [-0.2, 0) is 0 Å². The molecular weight excluding hydrogens is 334 g/mol. The second kappa shape index (κ2) is 3.84. The molecule has 0 radical (unpaired) electrons. The van der Waals surface area contributed by atoms with Crippen molar-refractivity contribution in [3.8, 4) is 5.75 Å². The van der Waals surface area contributed by atoms with Crippen LogP contribution in [0.15, 0.2) is 24.4 Å². The van der Waals surface area contributed by atoms with E-state index in [1.54, 1.807) is 0 Å². The van der Waals surface area contributed by atoms with Gasteiger partial charge >= 0.3 is 0 Å². The Kier molecular flexibility index (Phi) is 2.59. The Bertz CT molecular complexity index is 536. The van der Waals surface area contributed by atoms with Gasteiger partial charge in [0.05, 0.1) is 18.1 Å². The molecule has 1 saturated carbocycles. The van der Waals surface area contributed by atoms with Crippen molar-refractivity contribution in [1.82, 2.24) is 9.55 Å². The predicted molar refractivity (Wildman–Crippen MR) is 75.7 cm³/mol. The Balaban J connectivity index is 2.00. The Morgan fingerprint density at radius 2 is 2.31 bits per heavy atom. The third-order valence-corrected chi connectivity index (χ3v) is 4.83. The van der Waals surface area contributed by atoms with Crippen molar-refractivity contribution in [2.24, 2.45) is 0 Å². The molecule has 1 aliphatic carbocycles. The summed E-state index contributed by atoms with van der Waals surface area (Å²) in [6.45, 7) is 2.16. The third-order valence-electron chi connectivity index (χ3n) is 2.94. The van der Waals surface area contributed by atoms with Crippen molar-refractivity contribution in [3.63, 3.8) is 0 Å². The SMILES string of the molecule is CC1(Oc2ccc3cnn(PI)c3c2)CC1. The number of rotatable bonds is 3. The van der Waals surface area contributed by atoms with E-state index in [-0.39, 0.29) is 5.60 Å². The molecule has 3 nitrogen and oxygen atoms in total. The second-order valence-corrected chi connectivity index (χ2v) is 6.45. The Morgan fingerprint density at radius 1 is 1.50 bits per heavy atom. The third kappa shape index (κ3) is 1.93. The van der Waals surface area contributed by atoms with Gasteiger partial charge in [0.2, 0.25) is 0 Å². The lowest BCUT2D eigenvalue weighted by Gasteiger charge is -2.12. The maximum absolute atomic E-state index is 5.95. The fourth-order valence-electron chi connectivity index (χ4n) is 1.69. The van der Waals surface area contributed by atoms with Crippen LogP contribution < -0.4 is 4.74 Å². The van der Waals surface area contributed by atoms with Gasteiger partial charge in [-0.05, 0) is 53.9 Å². The van der Waals surface area contributed by atoms with Crippen LogP contribution in [0.3, 0.4) is 0 Å². The number of aromatic nitrogens is 2. The highest BCUT2D eigenvalue weighted by molar-refractivity contribution is 14.2. The molecule has 0 saturated heterocycles. The summed E-state index contributed by atoms with van der Waals surface area (Å²) in [6, 6.07) is 6.21. The number of hydrogen-bond acceptors (Lipinski definition) is 2. The molecule has 0 N–H and O–H groups in total. The molecular formula is C11H12IN2OP. The van der Waals surface area contributed by atoms with Crippen molar-refractivity contribution >= 4 is 39.3 Å². The Hall–Kier alpha value is -0.350. The Morgan fingerprint density at radius 3 is 3.00 bits per heavy atom. The van der Waals surface area contributed by atoms with E-state index in [2.05, 4.69) is 46.2 Å². The largest absolute Gasteiger partial charge is 0.487 e. The van der Waals surface area contributed by atoms with Gasteiger partial charge in [-0.15, -0.1) is 0 Å². The molecule has 2 aromatic rings. The molecule has 3 rings (SSSR count). The van der Waals surface area contributed by atoms with E-state index in [9.17, 15) is 0 Å². The van der Waals surface area contributed by atoms with Crippen LogP contribution in [0.4, 0.5) is 0 Å². The Labute approximate surface area is 109 Å². The molecule has 5 heteroatoms. The van der Waals surface area contributed by atoms with Crippen molar-refractivity contribution in [2.75, 3.05) is 0 Å². The van der Waals surface area contributed by atoms with Gasteiger partial charge in [0.25, 0.3) is 0 Å². The lowest BCUT2D eigenvalue weighted by molar-refractivity contribution is 0.200. The first-order valence-corrected chi connectivity index (χ1v) is 9.30. The number of hydrogen-bond donors (Lipinski definition) is 0. The molecule has 1 aromatic heterocycles. The van der Waals surface area contributed by atoms with Gasteiger partial charge in [-0.25, -0.2) is 4.45 Å². The van der Waals surface area contributed by atoms with Crippen molar-refractivity contribution in [3.05, 3.63) is 24.4 Å². The number of nitrogens with zero attached hydrogens (tertiary/aromatic N) is 2. The minimum absolute atomic E-state index is 0.0884. The zero-order valence-corrected chi connectivity index (χ0v) is 12.1. The summed E-state index contributed by atoms with van der Waals surface area (Å²) in [6.07, 6.45) is 4.86. The molecule has 0 bridgehead atoms. The zero-order chi connectivity index (χ0) is 11.2. The van der Waals surface area contributed by atoms with Crippen LogP contribution in [-0.4, -0.2) is 15.2 Å². The highest BCUT2D eigenvalue weighted by Crippen LogP contribution is 2.40. The monoisotopic (exact) mass is 346 g/mol. The fourth-order valence-corrected chi connectivity index (χ4v) is 3.23. The van der Waals surface area contributed by atoms with E-state index in [0.717, 1.165) is 11.3 Å². The van der Waals surface area contributed by atoms with Crippen molar-refractivity contribution < 1.29 is 4.74 Å². The van der Waals surface area contributed by atoms with E-state index in [1.165, 1.54) is 18.2 Å². The molecule has 84 valence electrons. The highest BCUT2D eigenvalue weighted by Gasteiger charge is 2.40. The van der Waals surface area contributed by atoms with Crippen LogP contribution in [0, 0.1) is 0 Å². The van der Waals surface area contributed by atoms with E-state index in [1.807, 2.05) is 16.7 Å². The van der Waals surface area contributed by atoms with Crippen LogP contribution >= 0.6 is 28.4 Å². The van der Waals surface area contributed by atoms with Gasteiger partial charge in [-0.2, -0.15) is 5.10 Å². The summed E-state index contributed by atoms with van der Waals surface area (Å²) in [5.41, 5.74) is 1.25. The lowest BCUT2D eigenvalue weighted by Crippen LogP contribution is -2.11. The van der Waals surface area contributed by atoms with E-state index >= 15 is 0 Å². The number of ether oxygens (including phenoxy) is 1. The second-order valence-electron chi connectivity index (χ2n) is 4.41. The maximum atomic E-state index is 5.95. The van der Waals surface area contributed by atoms with Crippen molar-refractivity contribution in [2.45, 2.75) is 25.4 Å². The molecule has 1 fully saturated rings. The van der Waals surface area contributed by atoms with Gasteiger partial charge in [0.1, 0.15) is 11.4 Å². The van der Waals surface area contributed by atoms with Gasteiger partial charge in [0.15, 0.2) is 0 Å². The van der Waals surface area contributed by atoms with Gasteiger partial charge in [-0.1, -0.05) is 0 Å². The first-order chi connectivity index (χ1) is 7.70. The first-order valence-electron chi connectivity index (χ1n) is 5.24. The maximum Gasteiger partial charge on any atom is 0.122 e. The summed E-state index contributed by atoms with van der Waals surface area (Å²) in [7, 11) is 0. The van der Waals surface area contributed by atoms with E-state index in [0.29, 0.717) is 6.37 Å². The molecule has 0 amide bonds.